The Labute approximate surface area is 140 Å². The van der Waals surface area contributed by atoms with Crippen LogP contribution in [0.3, 0.4) is 0 Å². The van der Waals surface area contributed by atoms with E-state index in [2.05, 4.69) is 31.3 Å². The first-order valence-electron chi connectivity index (χ1n) is 6.93. The van der Waals surface area contributed by atoms with Gasteiger partial charge in [-0.3, -0.25) is 4.79 Å². The maximum Gasteiger partial charge on any atom is 0.226 e. The Morgan fingerprint density at radius 1 is 1.30 bits per heavy atom. The molecule has 114 valence electrons. The lowest BCUT2D eigenvalue weighted by atomic mass is 10.2. The summed E-state index contributed by atoms with van der Waals surface area (Å²) in [5.41, 5.74) is 1.11. The second kappa shape index (κ2) is 6.58. The average Bonchev–Trinajstić information content (AvgIpc) is 2.97. The molecule has 2 aromatic heterocycles. The van der Waals surface area contributed by atoms with Crippen LogP contribution in [0.25, 0.3) is 16.7 Å². The number of amides is 1. The number of rotatable bonds is 4. The van der Waals surface area contributed by atoms with Gasteiger partial charge in [-0.1, -0.05) is 34.1 Å². The predicted octanol–water partition coefficient (Wildman–Crippen LogP) is 3.02. The van der Waals surface area contributed by atoms with Gasteiger partial charge in [0.25, 0.3) is 0 Å². The molecule has 0 saturated heterocycles. The first-order valence-corrected chi connectivity index (χ1v) is 8.05. The largest absolute Gasteiger partial charge is 0.309 e. The molecule has 0 fully saturated rings. The summed E-state index contributed by atoms with van der Waals surface area (Å²) in [6.07, 6.45) is 1.72. The van der Waals surface area contributed by atoms with E-state index in [-0.39, 0.29) is 5.91 Å². The van der Waals surface area contributed by atoms with Gasteiger partial charge in [0.05, 0.1) is 11.7 Å². The fraction of sp³-hybridized carbons (Fsp3) is 0.125. The number of hydrogen-bond donors (Lipinski definition) is 1. The quantitative estimate of drug-likeness (QED) is 0.716. The van der Waals surface area contributed by atoms with Gasteiger partial charge in [-0.05, 0) is 18.2 Å². The van der Waals surface area contributed by atoms with Crippen LogP contribution in [0, 0.1) is 11.3 Å². The molecular weight excluding hydrogens is 358 g/mol. The van der Waals surface area contributed by atoms with Gasteiger partial charge in [-0.2, -0.15) is 15.0 Å². The van der Waals surface area contributed by atoms with E-state index in [0.29, 0.717) is 29.0 Å². The van der Waals surface area contributed by atoms with E-state index in [1.807, 2.05) is 36.4 Å². The van der Waals surface area contributed by atoms with Gasteiger partial charge in [0.2, 0.25) is 5.91 Å². The fourth-order valence-electron chi connectivity index (χ4n) is 2.18. The van der Waals surface area contributed by atoms with Crippen molar-refractivity contribution >= 4 is 38.6 Å². The summed E-state index contributed by atoms with van der Waals surface area (Å²) in [5, 5.41) is 17.7. The summed E-state index contributed by atoms with van der Waals surface area (Å²) in [6, 6.07) is 13.5. The summed E-state index contributed by atoms with van der Waals surface area (Å²) >= 11 is 3.22. The van der Waals surface area contributed by atoms with Gasteiger partial charge >= 0.3 is 0 Å². The third-order valence-electron chi connectivity index (χ3n) is 3.27. The summed E-state index contributed by atoms with van der Waals surface area (Å²) in [5.74, 6) is 0.682. The van der Waals surface area contributed by atoms with E-state index >= 15 is 0 Å². The number of nitrogens with one attached hydrogen (secondary N) is 1. The number of carbonyl (C=O) groups excluding carboxylic acids is 1. The Morgan fingerprint density at radius 3 is 2.91 bits per heavy atom. The molecule has 0 radical (unpaired) electrons. The first-order chi connectivity index (χ1) is 11.2. The summed E-state index contributed by atoms with van der Waals surface area (Å²) in [7, 11) is 0. The molecule has 6 nitrogen and oxygen atoms in total. The number of fused-ring (bicyclic) bond motifs is 1. The van der Waals surface area contributed by atoms with Crippen LogP contribution in [0.2, 0.25) is 0 Å². The van der Waals surface area contributed by atoms with Crippen molar-refractivity contribution in [3.63, 3.8) is 0 Å². The number of hydrogen-bond acceptors (Lipinski definition) is 4. The maximum absolute atomic E-state index is 11.9. The number of halogens is 1. The zero-order valence-electron chi connectivity index (χ0n) is 12.0. The maximum atomic E-state index is 11.9. The number of pyridine rings is 1. The molecule has 7 heteroatoms. The molecule has 1 N–H and O–H groups in total. The zero-order chi connectivity index (χ0) is 16.2. The lowest BCUT2D eigenvalue weighted by molar-refractivity contribution is -0.115. The number of alkyl halides is 1. The van der Waals surface area contributed by atoms with E-state index in [0.717, 1.165) is 10.9 Å². The van der Waals surface area contributed by atoms with Gasteiger partial charge in [0.15, 0.2) is 11.6 Å². The molecule has 0 aliphatic rings. The molecule has 23 heavy (non-hydrogen) atoms. The summed E-state index contributed by atoms with van der Waals surface area (Å²) < 4.78 is 1.47. The molecule has 3 aromatic rings. The molecule has 0 saturated carbocycles. The average molecular weight is 370 g/mol. The molecule has 0 unspecified atom stereocenters. The van der Waals surface area contributed by atoms with E-state index in [4.69, 9.17) is 0 Å². The van der Waals surface area contributed by atoms with Crippen molar-refractivity contribution in [2.75, 3.05) is 10.6 Å². The highest BCUT2D eigenvalue weighted by atomic mass is 79.9. The van der Waals surface area contributed by atoms with E-state index in [1.54, 1.807) is 6.07 Å². The molecular formula is C16H12BrN5O. The number of anilines is 1. The standard InChI is InChI=1S/C16H12BrN5O/c17-8-7-15(23)21-16-12(9-18)10-19-22(16)14-6-5-11-3-1-2-4-13(11)20-14/h1-6,10H,7-8H2,(H,21,23). The zero-order valence-corrected chi connectivity index (χ0v) is 13.6. The molecule has 1 aromatic carbocycles. The van der Waals surface area contributed by atoms with Crippen molar-refractivity contribution in [2.24, 2.45) is 0 Å². The van der Waals surface area contributed by atoms with Crippen molar-refractivity contribution < 1.29 is 4.79 Å². The molecule has 3 rings (SSSR count). The highest BCUT2D eigenvalue weighted by Crippen LogP contribution is 2.21. The SMILES string of the molecule is N#Cc1cnn(-c2ccc3ccccc3n2)c1NC(=O)CCBr. The van der Waals surface area contributed by atoms with Crippen LogP contribution in [0.5, 0.6) is 0 Å². The van der Waals surface area contributed by atoms with Crippen LogP contribution in [0.15, 0.2) is 42.6 Å². The van der Waals surface area contributed by atoms with E-state index < -0.39 is 0 Å². The predicted molar refractivity (Wildman–Crippen MR) is 90.6 cm³/mol. The van der Waals surface area contributed by atoms with Crippen molar-refractivity contribution in [1.82, 2.24) is 14.8 Å². The molecule has 0 atom stereocenters. The minimum absolute atomic E-state index is 0.194. The molecule has 2 heterocycles. The molecule has 1 amide bonds. The Balaban J connectivity index is 2.06. The Kier molecular flexibility index (Phi) is 4.35. The van der Waals surface area contributed by atoms with E-state index in [9.17, 15) is 10.1 Å². The third-order valence-corrected chi connectivity index (χ3v) is 3.67. The number of aromatic nitrogens is 3. The second-order valence-corrected chi connectivity index (χ2v) is 5.57. The van der Waals surface area contributed by atoms with Crippen LogP contribution in [-0.2, 0) is 4.79 Å². The normalized spacial score (nSPS) is 10.4. The second-order valence-electron chi connectivity index (χ2n) is 4.78. The summed E-state index contributed by atoms with van der Waals surface area (Å²) in [4.78, 5) is 16.4. The lowest BCUT2D eigenvalue weighted by Crippen LogP contribution is -2.16. The molecule has 0 aliphatic carbocycles. The van der Waals surface area contributed by atoms with E-state index in [1.165, 1.54) is 10.9 Å². The van der Waals surface area contributed by atoms with Gasteiger partial charge in [-0.15, -0.1) is 0 Å². The number of para-hydroxylation sites is 1. The van der Waals surface area contributed by atoms with Crippen LogP contribution >= 0.6 is 15.9 Å². The van der Waals surface area contributed by atoms with Gasteiger partial charge in [0, 0.05) is 17.1 Å². The van der Waals surface area contributed by atoms with Gasteiger partial charge in [-0.25, -0.2) is 4.98 Å². The summed E-state index contributed by atoms with van der Waals surface area (Å²) in [6.45, 7) is 0. The van der Waals surface area contributed by atoms with Crippen LogP contribution in [-0.4, -0.2) is 26.0 Å². The molecule has 0 bridgehead atoms. The monoisotopic (exact) mass is 369 g/mol. The highest BCUT2D eigenvalue weighted by Gasteiger charge is 2.15. The number of nitrogens with zero attached hydrogens (tertiary/aromatic N) is 4. The highest BCUT2D eigenvalue weighted by molar-refractivity contribution is 9.09. The number of benzene rings is 1. The van der Waals surface area contributed by atoms with Crippen LogP contribution in [0.4, 0.5) is 5.82 Å². The van der Waals surface area contributed by atoms with Crippen LogP contribution < -0.4 is 5.32 Å². The molecule has 0 spiro atoms. The Bertz CT molecular complexity index is 912. The Hall–Kier alpha value is -2.72. The van der Waals surface area contributed by atoms with Crippen molar-refractivity contribution in [3.05, 3.63) is 48.2 Å². The number of nitriles is 1. The minimum Gasteiger partial charge on any atom is -0.309 e. The smallest absolute Gasteiger partial charge is 0.226 e. The van der Waals surface area contributed by atoms with Crippen LogP contribution in [0.1, 0.15) is 12.0 Å². The Morgan fingerprint density at radius 2 is 2.13 bits per heavy atom. The van der Waals surface area contributed by atoms with Gasteiger partial charge < -0.3 is 5.32 Å². The minimum atomic E-state index is -0.194. The van der Waals surface area contributed by atoms with Crippen molar-refractivity contribution in [3.8, 4) is 11.9 Å². The topological polar surface area (TPSA) is 83.6 Å². The molecule has 0 aliphatic heterocycles. The van der Waals surface area contributed by atoms with Gasteiger partial charge in [0.1, 0.15) is 11.6 Å². The van der Waals surface area contributed by atoms with Crippen molar-refractivity contribution in [1.29, 1.82) is 5.26 Å². The van der Waals surface area contributed by atoms with Crippen molar-refractivity contribution in [2.45, 2.75) is 6.42 Å². The number of carbonyl (C=O) groups is 1. The lowest BCUT2D eigenvalue weighted by Gasteiger charge is -2.09. The fourth-order valence-corrected chi connectivity index (χ4v) is 2.54. The first kappa shape index (κ1) is 15.2. The third kappa shape index (κ3) is 3.07.